The van der Waals surface area contributed by atoms with Crippen LogP contribution in [0.25, 0.3) is 0 Å². The first-order valence-electron chi connectivity index (χ1n) is 15.1. The molecule has 1 aliphatic rings. The van der Waals surface area contributed by atoms with Gasteiger partial charge in [0.25, 0.3) is 0 Å². The Morgan fingerprint density at radius 1 is 1.00 bits per heavy atom. The molecule has 0 spiro atoms. The molecule has 12 heteroatoms. The van der Waals surface area contributed by atoms with Crippen LogP contribution in [0, 0.1) is 5.92 Å². The summed E-state index contributed by atoms with van der Waals surface area (Å²) in [4.78, 5) is 39.9. The van der Waals surface area contributed by atoms with Gasteiger partial charge < -0.3 is 24.6 Å². The zero-order chi connectivity index (χ0) is 31.3. The highest BCUT2D eigenvalue weighted by atomic mass is 31.2. The second kappa shape index (κ2) is 17.1. The number of halogens is 2. The fourth-order valence-electron chi connectivity index (χ4n) is 5.31. The van der Waals surface area contributed by atoms with Crippen molar-refractivity contribution in [3.8, 4) is 0 Å². The van der Waals surface area contributed by atoms with Gasteiger partial charge in [0.1, 0.15) is 12.1 Å². The maximum Gasteiger partial charge on any atom is 0.404 e. The summed E-state index contributed by atoms with van der Waals surface area (Å²) in [5, 5.41) is 5.35. The van der Waals surface area contributed by atoms with Crippen LogP contribution in [-0.4, -0.2) is 61.5 Å². The summed E-state index contributed by atoms with van der Waals surface area (Å²) in [5.41, 5.74) is -3.96. The SMILES string of the molecule is CCOP(=O)(OCC)C(F)(F)c1ccc(C[C@H](NC(C)=O)C(=O)N[C@@H](CC)C(=O)N(C)CCCC2CCCCC2)cc1. The predicted octanol–water partition coefficient (Wildman–Crippen LogP) is 5.76. The lowest BCUT2D eigenvalue weighted by Crippen LogP contribution is -2.54. The van der Waals surface area contributed by atoms with Gasteiger partial charge in [0.05, 0.1) is 13.2 Å². The molecule has 9 nitrogen and oxygen atoms in total. The van der Waals surface area contributed by atoms with Gasteiger partial charge in [-0.25, -0.2) is 0 Å². The largest absolute Gasteiger partial charge is 0.404 e. The molecule has 1 aromatic carbocycles. The highest BCUT2D eigenvalue weighted by Crippen LogP contribution is 2.66. The predicted molar refractivity (Wildman–Crippen MR) is 158 cm³/mol. The van der Waals surface area contributed by atoms with E-state index in [0.717, 1.165) is 30.9 Å². The molecule has 1 aliphatic carbocycles. The summed E-state index contributed by atoms with van der Waals surface area (Å²) in [6, 6.07) is 3.14. The Bertz CT molecular complexity index is 1060. The van der Waals surface area contributed by atoms with E-state index in [0.29, 0.717) is 18.5 Å². The molecular weight excluding hydrogens is 567 g/mol. The molecular formula is C30H48F2N3O6P. The molecule has 0 bridgehead atoms. The molecule has 0 saturated heterocycles. The summed E-state index contributed by atoms with van der Waals surface area (Å²) >= 11 is 0. The van der Waals surface area contributed by atoms with Gasteiger partial charge in [0.15, 0.2) is 0 Å². The Balaban J connectivity index is 2.06. The van der Waals surface area contributed by atoms with E-state index in [-0.39, 0.29) is 25.5 Å². The highest BCUT2D eigenvalue weighted by molar-refractivity contribution is 7.54. The number of carbonyl (C=O) groups excluding carboxylic acids is 3. The van der Waals surface area contributed by atoms with Crippen LogP contribution in [0.2, 0.25) is 0 Å². The molecule has 3 amide bonds. The molecule has 0 unspecified atom stereocenters. The van der Waals surface area contributed by atoms with Crippen molar-refractivity contribution in [2.45, 2.75) is 103 Å². The first-order valence-corrected chi connectivity index (χ1v) is 16.6. The highest BCUT2D eigenvalue weighted by Gasteiger charge is 2.54. The Kier molecular flexibility index (Phi) is 14.6. The maximum atomic E-state index is 15.1. The minimum Gasteiger partial charge on any atom is -0.344 e. The van der Waals surface area contributed by atoms with Gasteiger partial charge in [-0.15, -0.1) is 0 Å². The van der Waals surface area contributed by atoms with Crippen molar-refractivity contribution in [2.24, 2.45) is 5.92 Å². The molecule has 0 heterocycles. The Labute approximate surface area is 249 Å². The second-order valence-corrected chi connectivity index (χ2v) is 13.0. The van der Waals surface area contributed by atoms with Crippen LogP contribution in [0.3, 0.4) is 0 Å². The number of alkyl halides is 2. The van der Waals surface area contributed by atoms with E-state index in [2.05, 4.69) is 10.6 Å². The molecule has 0 radical (unpaired) electrons. The van der Waals surface area contributed by atoms with Gasteiger partial charge in [0, 0.05) is 32.5 Å². The first kappa shape index (κ1) is 35.8. The maximum absolute atomic E-state index is 15.1. The summed E-state index contributed by atoms with van der Waals surface area (Å²) in [6.45, 7) is 6.15. The normalized spacial score (nSPS) is 16.0. The second-order valence-electron chi connectivity index (χ2n) is 10.9. The average Bonchev–Trinajstić information content (AvgIpc) is 2.95. The van der Waals surface area contributed by atoms with E-state index in [4.69, 9.17) is 9.05 Å². The standard InChI is InChI=1S/C30H48F2N3O6P/c1-6-26(29(38)35(5)20-12-15-23-13-10-9-11-14-23)34-28(37)27(33-22(4)36)21-24-16-18-25(19-17-24)30(31,32)42(39,40-7-2)41-8-3/h16-19,23,26-27H,6-15,20-21H2,1-5H3,(H,33,36)(H,34,37)/t26-,27-/m0/s1. The van der Waals surface area contributed by atoms with Crippen molar-refractivity contribution in [1.82, 2.24) is 15.5 Å². The number of likely N-dealkylation sites (N-methyl/N-ethyl adjacent to an activating group) is 1. The number of hydrogen-bond acceptors (Lipinski definition) is 6. The third kappa shape index (κ3) is 10.1. The molecule has 1 fully saturated rings. The van der Waals surface area contributed by atoms with Crippen molar-refractivity contribution in [3.05, 3.63) is 35.4 Å². The lowest BCUT2D eigenvalue weighted by atomic mass is 9.86. The van der Waals surface area contributed by atoms with E-state index in [1.54, 1.807) is 18.9 Å². The Morgan fingerprint density at radius 3 is 2.12 bits per heavy atom. The molecule has 2 atom stereocenters. The lowest BCUT2D eigenvalue weighted by molar-refractivity contribution is -0.136. The van der Waals surface area contributed by atoms with Crippen LogP contribution >= 0.6 is 7.60 Å². The topological polar surface area (TPSA) is 114 Å². The van der Waals surface area contributed by atoms with Crippen molar-refractivity contribution in [1.29, 1.82) is 0 Å². The smallest absolute Gasteiger partial charge is 0.344 e. The molecule has 238 valence electrons. The van der Waals surface area contributed by atoms with Gasteiger partial charge in [-0.3, -0.25) is 18.9 Å². The van der Waals surface area contributed by atoms with E-state index < -0.39 is 42.7 Å². The summed E-state index contributed by atoms with van der Waals surface area (Å²) in [5.74, 6) is -0.475. The molecule has 2 rings (SSSR count). The van der Waals surface area contributed by atoms with Gasteiger partial charge in [-0.1, -0.05) is 63.3 Å². The van der Waals surface area contributed by atoms with Crippen LogP contribution < -0.4 is 10.6 Å². The van der Waals surface area contributed by atoms with Crippen LogP contribution in [0.4, 0.5) is 8.78 Å². The van der Waals surface area contributed by atoms with Crippen LogP contribution in [-0.2, 0) is 40.1 Å². The van der Waals surface area contributed by atoms with Crippen molar-refractivity contribution < 1.29 is 36.8 Å². The van der Waals surface area contributed by atoms with Gasteiger partial charge in [-0.2, -0.15) is 8.78 Å². The zero-order valence-electron chi connectivity index (χ0n) is 25.6. The van der Waals surface area contributed by atoms with Crippen molar-refractivity contribution in [3.63, 3.8) is 0 Å². The van der Waals surface area contributed by atoms with E-state index in [1.165, 1.54) is 65.0 Å². The van der Waals surface area contributed by atoms with Gasteiger partial charge >= 0.3 is 13.3 Å². The molecule has 42 heavy (non-hydrogen) atoms. The monoisotopic (exact) mass is 615 g/mol. The molecule has 1 aromatic rings. The lowest BCUT2D eigenvalue weighted by Gasteiger charge is -2.27. The number of rotatable bonds is 17. The minimum absolute atomic E-state index is 0.00625. The first-order chi connectivity index (χ1) is 19.9. The number of hydrogen-bond donors (Lipinski definition) is 2. The third-order valence-electron chi connectivity index (χ3n) is 7.61. The Hall–Kier alpha value is -2.36. The van der Waals surface area contributed by atoms with Gasteiger partial charge in [-0.05, 0) is 44.6 Å². The van der Waals surface area contributed by atoms with Crippen LogP contribution in [0.1, 0.15) is 90.2 Å². The summed E-state index contributed by atoms with van der Waals surface area (Å²) in [7, 11) is -3.03. The van der Waals surface area contributed by atoms with E-state index in [1.807, 2.05) is 0 Å². The van der Waals surface area contributed by atoms with E-state index in [9.17, 15) is 18.9 Å². The quantitative estimate of drug-likeness (QED) is 0.215. The molecule has 1 saturated carbocycles. The number of carbonyl (C=O) groups is 3. The van der Waals surface area contributed by atoms with Crippen molar-refractivity contribution in [2.75, 3.05) is 26.8 Å². The number of benzene rings is 1. The minimum atomic E-state index is -4.76. The fraction of sp³-hybridized carbons (Fsp3) is 0.700. The summed E-state index contributed by atoms with van der Waals surface area (Å²) < 4.78 is 52.6. The van der Waals surface area contributed by atoms with Crippen molar-refractivity contribution >= 4 is 25.3 Å². The average molecular weight is 616 g/mol. The van der Waals surface area contributed by atoms with Gasteiger partial charge in [0.2, 0.25) is 17.7 Å². The molecule has 0 aliphatic heterocycles. The molecule has 2 N–H and O–H groups in total. The molecule has 0 aromatic heterocycles. The Morgan fingerprint density at radius 2 is 1.60 bits per heavy atom. The number of amides is 3. The number of nitrogens with zero attached hydrogens (tertiary/aromatic N) is 1. The number of nitrogens with one attached hydrogen (secondary N) is 2. The van der Waals surface area contributed by atoms with Crippen LogP contribution in [0.15, 0.2) is 24.3 Å². The summed E-state index contributed by atoms with van der Waals surface area (Å²) in [6.07, 6.45) is 8.72. The fourth-order valence-corrected chi connectivity index (χ4v) is 6.85. The van der Waals surface area contributed by atoms with E-state index >= 15 is 8.78 Å². The van der Waals surface area contributed by atoms with Crippen LogP contribution in [0.5, 0.6) is 0 Å². The third-order valence-corrected chi connectivity index (χ3v) is 9.75. The zero-order valence-corrected chi connectivity index (χ0v) is 26.5.